The molecule has 2 atom stereocenters. The van der Waals surface area contributed by atoms with E-state index >= 15 is 0 Å². The predicted octanol–water partition coefficient (Wildman–Crippen LogP) is 2.01. The standard InChI is InChI=1S/C16H26N2O3/c1-11(2)21-14-7-5-13(6-8-14)12(3)18-16(19)15(17)9-10-20-4/h5-8,11-12,15H,9-10,17H2,1-4H3,(H,18,19). The van der Waals surface area contributed by atoms with Gasteiger partial charge in [-0.2, -0.15) is 0 Å². The van der Waals surface area contributed by atoms with Crippen molar-refractivity contribution in [2.75, 3.05) is 13.7 Å². The van der Waals surface area contributed by atoms with Crippen molar-refractivity contribution in [1.82, 2.24) is 5.32 Å². The Hall–Kier alpha value is -1.59. The Morgan fingerprint density at radius 1 is 1.24 bits per heavy atom. The Bertz CT molecular complexity index is 432. The first-order chi connectivity index (χ1) is 9.93. The van der Waals surface area contributed by atoms with Crippen LogP contribution in [0.5, 0.6) is 5.75 Å². The van der Waals surface area contributed by atoms with E-state index in [0.717, 1.165) is 11.3 Å². The maximum Gasteiger partial charge on any atom is 0.237 e. The highest BCUT2D eigenvalue weighted by Gasteiger charge is 2.16. The maximum atomic E-state index is 11.9. The van der Waals surface area contributed by atoms with Gasteiger partial charge in [0.15, 0.2) is 0 Å². The van der Waals surface area contributed by atoms with E-state index in [4.69, 9.17) is 15.2 Å². The molecular formula is C16H26N2O3. The van der Waals surface area contributed by atoms with Crippen LogP contribution < -0.4 is 15.8 Å². The van der Waals surface area contributed by atoms with Crippen molar-refractivity contribution in [2.45, 2.75) is 45.4 Å². The van der Waals surface area contributed by atoms with Gasteiger partial charge in [-0.3, -0.25) is 4.79 Å². The Labute approximate surface area is 126 Å². The molecule has 5 heteroatoms. The molecule has 1 aromatic carbocycles. The monoisotopic (exact) mass is 294 g/mol. The number of carbonyl (C=O) groups is 1. The van der Waals surface area contributed by atoms with Gasteiger partial charge in [-0.15, -0.1) is 0 Å². The molecule has 5 nitrogen and oxygen atoms in total. The molecule has 3 N–H and O–H groups in total. The number of ether oxygens (including phenoxy) is 2. The summed E-state index contributed by atoms with van der Waals surface area (Å²) in [5, 5.41) is 2.90. The highest BCUT2D eigenvalue weighted by atomic mass is 16.5. The highest BCUT2D eigenvalue weighted by molar-refractivity contribution is 5.81. The van der Waals surface area contributed by atoms with Crippen LogP contribution in [0.1, 0.15) is 38.8 Å². The van der Waals surface area contributed by atoms with E-state index in [1.165, 1.54) is 0 Å². The fourth-order valence-corrected chi connectivity index (χ4v) is 1.89. The first-order valence-electron chi connectivity index (χ1n) is 7.25. The van der Waals surface area contributed by atoms with E-state index in [1.807, 2.05) is 45.0 Å². The Morgan fingerprint density at radius 2 is 1.86 bits per heavy atom. The number of hydrogen-bond acceptors (Lipinski definition) is 4. The fraction of sp³-hybridized carbons (Fsp3) is 0.562. The van der Waals surface area contributed by atoms with Gasteiger partial charge in [0.2, 0.25) is 5.91 Å². The van der Waals surface area contributed by atoms with Crippen molar-refractivity contribution in [2.24, 2.45) is 5.73 Å². The minimum absolute atomic E-state index is 0.0980. The quantitative estimate of drug-likeness (QED) is 0.769. The molecule has 0 radical (unpaired) electrons. The van der Waals surface area contributed by atoms with Crippen LogP contribution >= 0.6 is 0 Å². The summed E-state index contributed by atoms with van der Waals surface area (Å²) < 4.78 is 10.5. The second kappa shape index (κ2) is 8.64. The van der Waals surface area contributed by atoms with E-state index in [1.54, 1.807) is 7.11 Å². The number of hydrogen-bond donors (Lipinski definition) is 2. The average Bonchev–Trinajstić information content (AvgIpc) is 2.44. The molecule has 21 heavy (non-hydrogen) atoms. The van der Waals surface area contributed by atoms with Gasteiger partial charge >= 0.3 is 0 Å². The van der Waals surface area contributed by atoms with Crippen molar-refractivity contribution < 1.29 is 14.3 Å². The Balaban J connectivity index is 2.54. The van der Waals surface area contributed by atoms with Crippen molar-refractivity contribution in [3.05, 3.63) is 29.8 Å². The lowest BCUT2D eigenvalue weighted by Crippen LogP contribution is -2.42. The zero-order valence-electron chi connectivity index (χ0n) is 13.3. The summed E-state index contributed by atoms with van der Waals surface area (Å²) in [6, 6.07) is 7.06. The minimum Gasteiger partial charge on any atom is -0.491 e. The summed E-state index contributed by atoms with van der Waals surface area (Å²) >= 11 is 0. The van der Waals surface area contributed by atoms with E-state index in [9.17, 15) is 4.79 Å². The smallest absolute Gasteiger partial charge is 0.237 e. The molecule has 1 aromatic rings. The third-order valence-corrected chi connectivity index (χ3v) is 3.08. The van der Waals surface area contributed by atoms with Crippen LogP contribution in [0.3, 0.4) is 0 Å². The first kappa shape index (κ1) is 17.5. The molecule has 0 aliphatic carbocycles. The third kappa shape index (κ3) is 6.14. The first-order valence-corrected chi connectivity index (χ1v) is 7.25. The second-order valence-electron chi connectivity index (χ2n) is 5.35. The number of nitrogens with two attached hydrogens (primary N) is 1. The molecule has 0 aliphatic heterocycles. The van der Waals surface area contributed by atoms with E-state index in [2.05, 4.69) is 5.32 Å². The molecule has 0 heterocycles. The molecule has 1 rings (SSSR count). The molecule has 0 bridgehead atoms. The van der Waals surface area contributed by atoms with Crippen LogP contribution in [-0.2, 0) is 9.53 Å². The highest BCUT2D eigenvalue weighted by Crippen LogP contribution is 2.18. The van der Waals surface area contributed by atoms with Crippen molar-refractivity contribution in [1.29, 1.82) is 0 Å². The Kier molecular flexibility index (Phi) is 7.19. The van der Waals surface area contributed by atoms with E-state index in [-0.39, 0.29) is 18.1 Å². The predicted molar refractivity (Wildman–Crippen MR) is 83.2 cm³/mol. The van der Waals surface area contributed by atoms with Crippen LogP contribution in [0.15, 0.2) is 24.3 Å². The summed E-state index contributed by atoms with van der Waals surface area (Å²) in [6.07, 6.45) is 0.655. The van der Waals surface area contributed by atoms with Crippen molar-refractivity contribution in [3.63, 3.8) is 0 Å². The van der Waals surface area contributed by atoms with Crippen LogP contribution in [0.2, 0.25) is 0 Å². The van der Waals surface area contributed by atoms with E-state index in [0.29, 0.717) is 13.0 Å². The average molecular weight is 294 g/mol. The summed E-state index contributed by atoms with van der Waals surface area (Å²) in [5.41, 5.74) is 6.81. The second-order valence-corrected chi connectivity index (χ2v) is 5.35. The van der Waals surface area contributed by atoms with Gasteiger partial charge in [-0.1, -0.05) is 12.1 Å². The zero-order valence-corrected chi connectivity index (χ0v) is 13.3. The SMILES string of the molecule is COCCC(N)C(=O)NC(C)c1ccc(OC(C)C)cc1. The van der Waals surface area contributed by atoms with Gasteiger partial charge in [0.25, 0.3) is 0 Å². The molecule has 2 unspecified atom stereocenters. The van der Waals surface area contributed by atoms with Gasteiger partial charge in [-0.25, -0.2) is 0 Å². The molecule has 0 aliphatic rings. The third-order valence-electron chi connectivity index (χ3n) is 3.08. The molecular weight excluding hydrogens is 268 g/mol. The molecule has 0 fully saturated rings. The van der Waals surface area contributed by atoms with Crippen LogP contribution in [-0.4, -0.2) is 31.8 Å². The molecule has 118 valence electrons. The number of amides is 1. The summed E-state index contributed by atoms with van der Waals surface area (Å²) in [5.74, 6) is 0.658. The van der Waals surface area contributed by atoms with Crippen LogP contribution in [0.25, 0.3) is 0 Å². The molecule has 0 spiro atoms. The molecule has 0 saturated heterocycles. The van der Waals surface area contributed by atoms with Crippen molar-refractivity contribution in [3.8, 4) is 5.75 Å². The van der Waals surface area contributed by atoms with Gasteiger partial charge < -0.3 is 20.5 Å². The molecule has 0 aromatic heterocycles. The lowest BCUT2D eigenvalue weighted by atomic mass is 10.1. The summed E-state index contributed by atoms with van der Waals surface area (Å²) in [6.45, 7) is 6.37. The summed E-state index contributed by atoms with van der Waals surface area (Å²) in [4.78, 5) is 11.9. The number of rotatable bonds is 8. The van der Waals surface area contributed by atoms with Crippen LogP contribution in [0, 0.1) is 0 Å². The number of nitrogens with one attached hydrogen (secondary N) is 1. The topological polar surface area (TPSA) is 73.6 Å². The molecule has 1 amide bonds. The fourth-order valence-electron chi connectivity index (χ4n) is 1.89. The van der Waals surface area contributed by atoms with E-state index < -0.39 is 6.04 Å². The van der Waals surface area contributed by atoms with Crippen molar-refractivity contribution >= 4 is 5.91 Å². The summed E-state index contributed by atoms with van der Waals surface area (Å²) in [7, 11) is 1.59. The van der Waals surface area contributed by atoms with Gasteiger partial charge in [0, 0.05) is 13.7 Å². The zero-order chi connectivity index (χ0) is 15.8. The van der Waals surface area contributed by atoms with Gasteiger partial charge in [0.1, 0.15) is 5.75 Å². The lowest BCUT2D eigenvalue weighted by molar-refractivity contribution is -0.123. The maximum absolute atomic E-state index is 11.9. The normalized spacial score (nSPS) is 13.8. The number of methoxy groups -OCH3 is 1. The number of carbonyl (C=O) groups excluding carboxylic acids is 1. The van der Waals surface area contributed by atoms with Gasteiger partial charge in [0.05, 0.1) is 18.2 Å². The Morgan fingerprint density at radius 3 is 2.38 bits per heavy atom. The van der Waals surface area contributed by atoms with Crippen LogP contribution in [0.4, 0.5) is 0 Å². The molecule has 0 saturated carbocycles. The lowest BCUT2D eigenvalue weighted by Gasteiger charge is -2.18. The minimum atomic E-state index is -0.545. The number of benzene rings is 1. The largest absolute Gasteiger partial charge is 0.491 e. The van der Waals surface area contributed by atoms with Gasteiger partial charge in [-0.05, 0) is 44.9 Å².